The molecule has 5 rings (SSSR count). The average molecular weight is 593 g/mol. The molecule has 3 amide bonds. The van der Waals surface area contributed by atoms with Gasteiger partial charge in [0.15, 0.2) is 0 Å². The molecule has 2 bridgehead atoms. The number of amides is 3. The molecule has 8 nitrogen and oxygen atoms in total. The SMILES string of the molecule is CCN(CC)c1ccc(NC(=O)C2N(CCCCCO)C(=O)[C@@H]3[C@H](C(=O)NCc4ccccc4)[C@@H]4CC(C)C23S4)cc1. The van der Waals surface area contributed by atoms with E-state index in [-0.39, 0.29) is 35.5 Å². The third-order valence-electron chi connectivity index (χ3n) is 9.43. The maximum Gasteiger partial charge on any atom is 0.248 e. The standard InChI is InChI=1S/C33H44N4O4S/c1-4-36(5-2)25-16-14-24(15-17-25)35-31(40)29-33-22(3)20-26(42-33)27(30(39)34-21-23-12-8-6-9-13-23)28(33)32(41)37(29)18-10-7-11-19-38/h6,8-9,12-17,22,26-29,38H,4-5,7,10-11,18-21H2,1-3H3,(H,34,39)(H,35,40)/t22?,26-,27+,28-,29?,33?/m0/s1. The van der Waals surface area contributed by atoms with Gasteiger partial charge in [0.1, 0.15) is 6.04 Å². The monoisotopic (exact) mass is 592 g/mol. The van der Waals surface area contributed by atoms with Gasteiger partial charge < -0.3 is 25.5 Å². The molecule has 42 heavy (non-hydrogen) atoms. The summed E-state index contributed by atoms with van der Waals surface area (Å²) in [6.07, 6.45) is 2.93. The van der Waals surface area contributed by atoms with Gasteiger partial charge in [0, 0.05) is 49.4 Å². The number of thioether (sulfide) groups is 1. The van der Waals surface area contributed by atoms with Gasteiger partial charge in [-0.15, -0.1) is 11.8 Å². The van der Waals surface area contributed by atoms with E-state index in [1.54, 1.807) is 16.7 Å². The Balaban J connectivity index is 1.40. The Kier molecular flexibility index (Phi) is 9.47. The number of nitrogens with one attached hydrogen (secondary N) is 2. The number of unbranched alkanes of at least 4 members (excludes halogenated alkanes) is 2. The number of hydrogen-bond acceptors (Lipinski definition) is 6. The van der Waals surface area contributed by atoms with Crippen LogP contribution in [0, 0.1) is 17.8 Å². The van der Waals surface area contributed by atoms with Crippen molar-refractivity contribution < 1.29 is 19.5 Å². The minimum atomic E-state index is -0.663. The second-order valence-corrected chi connectivity index (χ2v) is 13.3. The molecule has 9 heteroatoms. The molecule has 0 aliphatic carbocycles. The van der Waals surface area contributed by atoms with E-state index in [0.717, 1.165) is 37.2 Å². The van der Waals surface area contributed by atoms with Crippen molar-refractivity contribution in [1.29, 1.82) is 0 Å². The molecule has 0 radical (unpaired) electrons. The van der Waals surface area contributed by atoms with E-state index in [0.29, 0.717) is 31.6 Å². The molecular weight excluding hydrogens is 548 g/mol. The summed E-state index contributed by atoms with van der Waals surface area (Å²) in [5.41, 5.74) is 2.81. The van der Waals surface area contributed by atoms with Crippen LogP contribution in [0.5, 0.6) is 0 Å². The number of hydrogen-bond donors (Lipinski definition) is 3. The number of aliphatic hydroxyl groups excluding tert-OH is 1. The van der Waals surface area contributed by atoms with Crippen molar-refractivity contribution in [2.24, 2.45) is 17.8 Å². The first kappa shape index (κ1) is 30.4. The van der Waals surface area contributed by atoms with Gasteiger partial charge in [0.25, 0.3) is 0 Å². The maximum absolute atomic E-state index is 14.2. The topological polar surface area (TPSA) is 102 Å². The number of benzene rings is 2. The molecule has 3 unspecified atom stereocenters. The van der Waals surface area contributed by atoms with Crippen molar-refractivity contribution >= 4 is 40.9 Å². The van der Waals surface area contributed by atoms with Crippen LogP contribution in [-0.2, 0) is 20.9 Å². The van der Waals surface area contributed by atoms with Gasteiger partial charge in [-0.2, -0.15) is 0 Å². The summed E-state index contributed by atoms with van der Waals surface area (Å²) in [7, 11) is 0. The van der Waals surface area contributed by atoms with E-state index < -0.39 is 22.6 Å². The second kappa shape index (κ2) is 13.1. The number of nitrogens with zero attached hydrogens (tertiary/aromatic N) is 2. The Morgan fingerprint density at radius 1 is 1.02 bits per heavy atom. The van der Waals surface area contributed by atoms with E-state index in [1.165, 1.54) is 0 Å². The van der Waals surface area contributed by atoms with Gasteiger partial charge in [-0.3, -0.25) is 14.4 Å². The number of carbonyl (C=O) groups excluding carboxylic acids is 3. The lowest BCUT2D eigenvalue weighted by atomic mass is 9.66. The summed E-state index contributed by atoms with van der Waals surface area (Å²) in [4.78, 5) is 46.1. The molecule has 3 N–H and O–H groups in total. The van der Waals surface area contributed by atoms with Crippen molar-refractivity contribution in [2.75, 3.05) is 36.5 Å². The van der Waals surface area contributed by atoms with Crippen molar-refractivity contribution in [3.63, 3.8) is 0 Å². The molecule has 6 atom stereocenters. The van der Waals surface area contributed by atoms with E-state index in [4.69, 9.17) is 0 Å². The highest BCUT2D eigenvalue weighted by atomic mass is 32.2. The highest BCUT2D eigenvalue weighted by Crippen LogP contribution is 2.68. The predicted octanol–water partition coefficient (Wildman–Crippen LogP) is 4.29. The van der Waals surface area contributed by atoms with E-state index in [2.05, 4.69) is 36.3 Å². The Morgan fingerprint density at radius 2 is 1.74 bits per heavy atom. The van der Waals surface area contributed by atoms with Crippen molar-refractivity contribution in [3.05, 3.63) is 60.2 Å². The first-order valence-corrected chi connectivity index (χ1v) is 16.3. The minimum Gasteiger partial charge on any atom is -0.396 e. The number of carbonyl (C=O) groups is 3. The van der Waals surface area contributed by atoms with Crippen molar-refractivity contribution in [3.8, 4) is 0 Å². The number of aliphatic hydroxyl groups is 1. The highest BCUT2D eigenvalue weighted by Gasteiger charge is 2.75. The summed E-state index contributed by atoms with van der Waals surface area (Å²) < 4.78 is -0.654. The maximum atomic E-state index is 14.2. The zero-order valence-corrected chi connectivity index (χ0v) is 25.7. The van der Waals surface area contributed by atoms with E-state index >= 15 is 0 Å². The Hall–Kier alpha value is -3.04. The van der Waals surface area contributed by atoms with Crippen LogP contribution in [0.3, 0.4) is 0 Å². The van der Waals surface area contributed by atoms with E-state index in [1.807, 2.05) is 54.6 Å². The normalized spacial score (nSPS) is 27.7. The molecular formula is C33H44N4O4S. The number of likely N-dealkylation sites (tertiary alicyclic amines) is 1. The van der Waals surface area contributed by atoms with Gasteiger partial charge in [-0.25, -0.2) is 0 Å². The molecule has 0 aromatic heterocycles. The molecule has 3 fully saturated rings. The fourth-order valence-corrected chi connectivity index (χ4v) is 9.81. The summed E-state index contributed by atoms with van der Waals surface area (Å²) in [5, 5.41) is 15.5. The van der Waals surface area contributed by atoms with Crippen LogP contribution in [0.25, 0.3) is 0 Å². The molecule has 1 spiro atoms. The molecule has 0 saturated carbocycles. The molecule has 2 aromatic rings. The van der Waals surface area contributed by atoms with Crippen LogP contribution in [-0.4, -0.2) is 70.0 Å². The first-order valence-electron chi connectivity index (χ1n) is 15.4. The van der Waals surface area contributed by atoms with E-state index in [9.17, 15) is 19.5 Å². The molecule has 3 aliphatic rings. The molecule has 226 valence electrons. The van der Waals surface area contributed by atoms with Crippen molar-refractivity contribution in [1.82, 2.24) is 10.2 Å². The summed E-state index contributed by atoms with van der Waals surface area (Å²) in [6.45, 7) is 9.13. The summed E-state index contributed by atoms with van der Waals surface area (Å²) in [6, 6.07) is 17.0. The van der Waals surface area contributed by atoms with Crippen LogP contribution in [0.2, 0.25) is 0 Å². The number of fused-ring (bicyclic) bond motifs is 1. The lowest BCUT2D eigenvalue weighted by molar-refractivity contribution is -0.139. The Morgan fingerprint density at radius 3 is 2.40 bits per heavy atom. The fourth-order valence-electron chi connectivity index (χ4n) is 7.39. The molecule has 3 heterocycles. The van der Waals surface area contributed by atoms with Gasteiger partial charge in [0.2, 0.25) is 17.7 Å². The average Bonchev–Trinajstić information content (AvgIpc) is 3.59. The minimum absolute atomic E-state index is 0.00455. The predicted molar refractivity (Wildman–Crippen MR) is 168 cm³/mol. The van der Waals surface area contributed by atoms with Crippen LogP contribution < -0.4 is 15.5 Å². The zero-order valence-electron chi connectivity index (χ0n) is 24.9. The zero-order chi connectivity index (χ0) is 29.9. The second-order valence-electron chi connectivity index (χ2n) is 11.8. The first-order chi connectivity index (χ1) is 20.3. The molecule has 2 aromatic carbocycles. The van der Waals surface area contributed by atoms with Gasteiger partial charge >= 0.3 is 0 Å². The quantitative estimate of drug-likeness (QED) is 0.300. The molecule has 3 aliphatic heterocycles. The van der Waals surface area contributed by atoms with Crippen LogP contribution in [0.1, 0.15) is 52.0 Å². The van der Waals surface area contributed by atoms with Crippen LogP contribution in [0.15, 0.2) is 54.6 Å². The number of anilines is 2. The van der Waals surface area contributed by atoms with Gasteiger partial charge in [-0.05, 0) is 75.3 Å². The summed E-state index contributed by atoms with van der Waals surface area (Å²) in [5.74, 6) is -1.26. The fraction of sp³-hybridized carbons (Fsp3) is 0.545. The van der Waals surface area contributed by atoms with Crippen molar-refractivity contribution in [2.45, 2.75) is 69.0 Å². The highest BCUT2D eigenvalue weighted by molar-refractivity contribution is 8.02. The molecule has 3 saturated heterocycles. The Labute approximate surface area is 253 Å². The van der Waals surface area contributed by atoms with Gasteiger partial charge in [0.05, 0.1) is 16.6 Å². The third kappa shape index (κ3) is 5.53. The Bertz CT molecular complexity index is 1250. The lowest BCUT2D eigenvalue weighted by Crippen LogP contribution is -2.55. The van der Waals surface area contributed by atoms with Crippen LogP contribution in [0.4, 0.5) is 11.4 Å². The summed E-state index contributed by atoms with van der Waals surface area (Å²) >= 11 is 1.70. The van der Waals surface area contributed by atoms with Crippen LogP contribution >= 0.6 is 11.8 Å². The largest absolute Gasteiger partial charge is 0.396 e. The third-order valence-corrected chi connectivity index (χ3v) is 11.5. The lowest BCUT2D eigenvalue weighted by Gasteiger charge is -2.38. The number of rotatable bonds is 13. The van der Waals surface area contributed by atoms with Gasteiger partial charge in [-0.1, -0.05) is 37.3 Å². The smallest absolute Gasteiger partial charge is 0.248 e.